The van der Waals surface area contributed by atoms with Gasteiger partial charge in [0.25, 0.3) is 11.8 Å². The Morgan fingerprint density at radius 1 is 1.18 bits per heavy atom. The number of nitrogen functional groups attached to an aromatic ring is 1. The highest BCUT2D eigenvalue weighted by Crippen LogP contribution is 2.35. The van der Waals surface area contributed by atoms with E-state index in [4.69, 9.17) is 16.2 Å². The molecular weight excluding hydrogens is 422 g/mol. The summed E-state index contributed by atoms with van der Waals surface area (Å²) in [4.78, 5) is 24.6. The molecule has 0 unspecified atom stereocenters. The average Bonchev–Trinajstić information content (AvgIpc) is 3.40. The van der Waals surface area contributed by atoms with Crippen LogP contribution >= 0.6 is 0 Å². The normalized spacial score (nSPS) is 17.6. The molecule has 1 fully saturated rings. The zero-order valence-electron chi connectivity index (χ0n) is 18.3. The molecule has 4 rings (SSSR count). The average molecular weight is 450 g/mol. The molecule has 1 aliphatic rings. The van der Waals surface area contributed by atoms with Crippen LogP contribution < -0.4 is 21.5 Å². The summed E-state index contributed by atoms with van der Waals surface area (Å²) in [6, 6.07) is 14.3. The molecule has 1 aromatic heterocycles. The number of carbonyl (C=O) groups excluding carboxylic acids is 2. The number of methoxy groups -OCH3 is 1. The quantitative estimate of drug-likeness (QED) is 0.435. The molecule has 172 valence electrons. The van der Waals surface area contributed by atoms with Crippen molar-refractivity contribution in [1.29, 1.82) is 0 Å². The lowest BCUT2D eigenvalue weighted by atomic mass is 10.0. The van der Waals surface area contributed by atoms with Crippen LogP contribution in [-0.4, -0.2) is 39.9 Å². The molecule has 2 aromatic carbocycles. The van der Waals surface area contributed by atoms with Crippen LogP contribution in [0.5, 0.6) is 5.75 Å². The first kappa shape index (κ1) is 22.3. The van der Waals surface area contributed by atoms with Gasteiger partial charge in [-0.25, -0.2) is 4.68 Å². The van der Waals surface area contributed by atoms with Gasteiger partial charge in [0.05, 0.1) is 24.8 Å². The van der Waals surface area contributed by atoms with E-state index in [0.717, 1.165) is 12.0 Å². The zero-order valence-corrected chi connectivity index (χ0v) is 18.3. The number of aliphatic hydroxyl groups excluding tert-OH is 1. The van der Waals surface area contributed by atoms with Crippen LogP contribution in [0, 0.1) is 0 Å². The molecule has 9 nitrogen and oxygen atoms in total. The number of nitrogens with one attached hydrogen (secondary N) is 1. The SMILES string of the molecule is COc1ccccc1C(=O)NCc1ccc(-c2nn([C@H]3CC[C@H](O)C3)c(N)c2C(N)=O)cc1. The molecule has 1 saturated carbocycles. The van der Waals surface area contributed by atoms with Crippen molar-refractivity contribution in [3.8, 4) is 17.0 Å². The predicted molar refractivity (Wildman–Crippen MR) is 124 cm³/mol. The van der Waals surface area contributed by atoms with E-state index in [9.17, 15) is 14.7 Å². The lowest BCUT2D eigenvalue weighted by Crippen LogP contribution is -2.23. The van der Waals surface area contributed by atoms with Crippen molar-refractivity contribution in [3.05, 3.63) is 65.2 Å². The molecular formula is C24H27N5O4. The summed E-state index contributed by atoms with van der Waals surface area (Å²) in [6.45, 7) is 0.316. The molecule has 6 N–H and O–H groups in total. The van der Waals surface area contributed by atoms with Crippen molar-refractivity contribution in [2.75, 3.05) is 12.8 Å². The molecule has 3 aromatic rings. The number of aliphatic hydroxyl groups is 1. The van der Waals surface area contributed by atoms with Gasteiger partial charge in [-0.3, -0.25) is 9.59 Å². The first-order valence-corrected chi connectivity index (χ1v) is 10.8. The highest BCUT2D eigenvalue weighted by Gasteiger charge is 2.30. The van der Waals surface area contributed by atoms with Crippen LogP contribution in [0.2, 0.25) is 0 Å². The molecule has 2 amide bonds. The van der Waals surface area contributed by atoms with E-state index in [1.165, 1.54) is 7.11 Å². The minimum atomic E-state index is -0.652. The third-order valence-electron chi connectivity index (χ3n) is 5.95. The van der Waals surface area contributed by atoms with Gasteiger partial charge in [0, 0.05) is 12.1 Å². The second-order valence-corrected chi connectivity index (χ2v) is 8.12. The topological polar surface area (TPSA) is 145 Å². The summed E-state index contributed by atoms with van der Waals surface area (Å²) in [7, 11) is 1.52. The van der Waals surface area contributed by atoms with E-state index >= 15 is 0 Å². The minimum Gasteiger partial charge on any atom is -0.496 e. The lowest BCUT2D eigenvalue weighted by Gasteiger charge is -2.11. The fraction of sp³-hybridized carbons (Fsp3) is 0.292. The second-order valence-electron chi connectivity index (χ2n) is 8.12. The molecule has 0 radical (unpaired) electrons. The summed E-state index contributed by atoms with van der Waals surface area (Å²) >= 11 is 0. The van der Waals surface area contributed by atoms with Gasteiger partial charge in [-0.05, 0) is 37.0 Å². The molecule has 9 heteroatoms. The smallest absolute Gasteiger partial charge is 0.255 e. The van der Waals surface area contributed by atoms with Crippen molar-refractivity contribution >= 4 is 17.6 Å². The van der Waals surface area contributed by atoms with Crippen molar-refractivity contribution in [2.45, 2.75) is 38.0 Å². The van der Waals surface area contributed by atoms with Gasteiger partial charge in [0.2, 0.25) is 0 Å². The summed E-state index contributed by atoms with van der Waals surface area (Å²) in [5.74, 6) is -0.171. The largest absolute Gasteiger partial charge is 0.496 e. The van der Waals surface area contributed by atoms with Crippen molar-refractivity contribution in [1.82, 2.24) is 15.1 Å². The van der Waals surface area contributed by atoms with Crippen LogP contribution in [0.4, 0.5) is 5.82 Å². The van der Waals surface area contributed by atoms with Gasteiger partial charge in [-0.15, -0.1) is 0 Å². The third-order valence-corrected chi connectivity index (χ3v) is 5.95. The number of nitrogens with two attached hydrogens (primary N) is 2. The maximum atomic E-state index is 12.5. The number of carbonyl (C=O) groups is 2. The first-order valence-electron chi connectivity index (χ1n) is 10.8. The van der Waals surface area contributed by atoms with Crippen LogP contribution in [0.15, 0.2) is 48.5 Å². The van der Waals surface area contributed by atoms with Gasteiger partial charge in [-0.2, -0.15) is 5.10 Å². The Hall–Kier alpha value is -3.85. The van der Waals surface area contributed by atoms with Crippen molar-refractivity contribution in [3.63, 3.8) is 0 Å². The summed E-state index contributed by atoms with van der Waals surface area (Å²) in [5, 5.41) is 17.3. The molecule has 2 atom stereocenters. The van der Waals surface area contributed by atoms with Gasteiger partial charge in [0.1, 0.15) is 22.8 Å². The Bertz CT molecular complexity index is 1170. The number of ether oxygens (including phenoxy) is 1. The molecule has 0 saturated heterocycles. The Morgan fingerprint density at radius 3 is 2.55 bits per heavy atom. The fourth-order valence-corrected chi connectivity index (χ4v) is 4.22. The summed E-state index contributed by atoms with van der Waals surface area (Å²) < 4.78 is 6.84. The lowest BCUT2D eigenvalue weighted by molar-refractivity contribution is 0.0946. The number of aromatic nitrogens is 2. The molecule has 1 heterocycles. The third kappa shape index (κ3) is 4.54. The Morgan fingerprint density at radius 2 is 1.91 bits per heavy atom. The van der Waals surface area contributed by atoms with E-state index in [-0.39, 0.29) is 23.3 Å². The number of hydrogen-bond acceptors (Lipinski definition) is 6. The molecule has 0 bridgehead atoms. The second kappa shape index (κ2) is 9.33. The van der Waals surface area contributed by atoms with E-state index in [0.29, 0.717) is 42.0 Å². The van der Waals surface area contributed by atoms with Crippen molar-refractivity contribution in [2.24, 2.45) is 5.73 Å². The van der Waals surface area contributed by atoms with Gasteiger partial charge in [0.15, 0.2) is 0 Å². The highest BCUT2D eigenvalue weighted by molar-refractivity contribution is 6.03. The number of nitrogens with zero attached hydrogens (tertiary/aromatic N) is 2. The monoisotopic (exact) mass is 449 g/mol. The van der Waals surface area contributed by atoms with E-state index in [1.807, 2.05) is 24.3 Å². The Labute approximate surface area is 191 Å². The van der Waals surface area contributed by atoms with E-state index in [2.05, 4.69) is 10.4 Å². The number of benzene rings is 2. The highest BCUT2D eigenvalue weighted by atomic mass is 16.5. The predicted octanol–water partition coefficient (Wildman–Crippen LogP) is 2.26. The number of anilines is 1. The molecule has 33 heavy (non-hydrogen) atoms. The zero-order chi connectivity index (χ0) is 23.5. The Kier molecular flexibility index (Phi) is 6.32. The Balaban J connectivity index is 1.52. The summed E-state index contributed by atoms with van der Waals surface area (Å²) in [6.07, 6.45) is 1.54. The maximum absolute atomic E-state index is 12.5. The molecule has 0 aliphatic heterocycles. The number of rotatable bonds is 7. The van der Waals surface area contributed by atoms with Gasteiger partial charge >= 0.3 is 0 Å². The van der Waals surface area contributed by atoms with E-state index < -0.39 is 12.0 Å². The molecule has 1 aliphatic carbocycles. The van der Waals surface area contributed by atoms with Gasteiger partial charge in [-0.1, -0.05) is 36.4 Å². The first-order chi connectivity index (χ1) is 15.9. The number of amides is 2. The number of para-hydroxylation sites is 1. The minimum absolute atomic E-state index is 0.0729. The summed E-state index contributed by atoms with van der Waals surface area (Å²) in [5.41, 5.74) is 14.4. The fourth-order valence-electron chi connectivity index (χ4n) is 4.22. The van der Waals surface area contributed by atoms with Crippen LogP contribution in [0.25, 0.3) is 11.3 Å². The standard InChI is InChI=1S/C24H27N5O4/c1-33-19-5-3-2-4-18(19)24(32)27-13-14-6-8-15(9-7-14)21-20(23(26)31)22(25)29(28-21)16-10-11-17(30)12-16/h2-9,16-17,30H,10-13,25H2,1H3,(H2,26,31)(H,27,32)/t16-,17-/m0/s1. The van der Waals surface area contributed by atoms with Crippen LogP contribution in [0.1, 0.15) is 51.6 Å². The van der Waals surface area contributed by atoms with Crippen molar-refractivity contribution < 1.29 is 19.4 Å². The molecule has 0 spiro atoms. The number of hydrogen-bond donors (Lipinski definition) is 4. The number of primary amides is 1. The van der Waals surface area contributed by atoms with Crippen LogP contribution in [-0.2, 0) is 6.54 Å². The van der Waals surface area contributed by atoms with Gasteiger partial charge < -0.3 is 26.6 Å². The maximum Gasteiger partial charge on any atom is 0.255 e. The van der Waals surface area contributed by atoms with Crippen LogP contribution in [0.3, 0.4) is 0 Å². The van der Waals surface area contributed by atoms with E-state index in [1.54, 1.807) is 28.9 Å².